The molecule has 0 aliphatic rings. The molecular weight excluding hydrogens is 839 g/mol. The Balaban J connectivity index is 0.00000115. The fourth-order valence-corrected chi connectivity index (χ4v) is 8.46. The monoisotopic (exact) mass is 906 g/mol. The number of nitrogens with one attached hydrogen (secondary N) is 5. The fourth-order valence-electron chi connectivity index (χ4n) is 7.42. The number of nitrogens with zero attached hydrogens (tertiary/aromatic N) is 1. The van der Waals surface area contributed by atoms with Crippen LogP contribution in [0.3, 0.4) is 0 Å². The molecule has 1 unspecified atom stereocenters. The number of amides is 3. The average molecular weight is 908 g/mol. The molecule has 3 amide bonds. The lowest BCUT2D eigenvalue weighted by Gasteiger charge is -2.23. The Morgan fingerprint density at radius 3 is 1.97 bits per heavy atom. The number of halogens is 1. The summed E-state index contributed by atoms with van der Waals surface area (Å²) in [7, 11) is -4.22. The molecule has 2 aromatic heterocycles. The number of phosphoric acid groups is 1. The number of rotatable bonds is 27. The van der Waals surface area contributed by atoms with Gasteiger partial charge in [0.05, 0.1) is 11.6 Å². The van der Waals surface area contributed by atoms with Crippen molar-refractivity contribution in [2.45, 2.75) is 117 Å². The molecule has 0 fully saturated rings. The number of carbonyl (C=O) groups is 3. The van der Waals surface area contributed by atoms with Crippen LogP contribution in [0.5, 0.6) is 5.75 Å². The molecule has 0 spiro atoms. The summed E-state index contributed by atoms with van der Waals surface area (Å²) in [5.41, 5.74) is 3.61. The molecule has 0 aliphatic heterocycles. The Labute approximate surface area is 378 Å². The van der Waals surface area contributed by atoms with Crippen molar-refractivity contribution in [1.82, 2.24) is 30.8 Å². The lowest BCUT2D eigenvalue weighted by Crippen LogP contribution is -2.55. The maximum atomic E-state index is 13.7. The van der Waals surface area contributed by atoms with Crippen molar-refractivity contribution in [2.24, 2.45) is 0 Å². The molecule has 0 saturated heterocycles. The predicted molar refractivity (Wildman–Crippen MR) is 254 cm³/mol. The number of benzene rings is 3. The van der Waals surface area contributed by atoms with Crippen LogP contribution in [0.2, 0.25) is 5.02 Å². The van der Waals surface area contributed by atoms with Crippen molar-refractivity contribution >= 4 is 59.0 Å². The van der Waals surface area contributed by atoms with Gasteiger partial charge in [0, 0.05) is 54.6 Å². The molecule has 13 nitrogen and oxygen atoms in total. The number of para-hydroxylation sites is 3. The number of aromatic nitrogens is 2. The van der Waals surface area contributed by atoms with E-state index in [4.69, 9.17) is 20.6 Å². The smallest absolute Gasteiger partial charge is 0.403 e. The fraction of sp³-hybridized carbons (Fsp3) is 0.479. The third-order valence-corrected chi connectivity index (χ3v) is 12.2. The number of carbonyl (C=O) groups excluding carboxylic acids is 3. The van der Waals surface area contributed by atoms with Gasteiger partial charge in [0.1, 0.15) is 17.8 Å². The molecule has 2 heterocycles. The maximum Gasteiger partial charge on any atom is 0.527 e. The molecule has 5 rings (SSSR count). The molecule has 5 aromatic rings. The van der Waals surface area contributed by atoms with E-state index in [1.165, 1.54) is 32.6 Å². The summed E-state index contributed by atoms with van der Waals surface area (Å²) in [4.78, 5) is 58.4. The van der Waals surface area contributed by atoms with E-state index in [1.54, 1.807) is 18.2 Å². The van der Waals surface area contributed by atoms with Crippen LogP contribution in [-0.2, 0) is 36.3 Å². The van der Waals surface area contributed by atoms with Gasteiger partial charge in [-0.05, 0) is 73.8 Å². The number of hydrogen-bond acceptors (Lipinski definition) is 7. The van der Waals surface area contributed by atoms with Crippen LogP contribution in [-0.4, -0.2) is 82.4 Å². The van der Waals surface area contributed by atoms with E-state index in [0.717, 1.165) is 90.9 Å². The zero-order valence-corrected chi connectivity index (χ0v) is 39.1. The SMILES string of the molecule is CC(=O)N[C@H](Cc1cc2ccccc2[nH]1)C(=O)N[C@H](Cc1c[nH]c2ccccc12)C(=O)NCCCCCCCCCCCCOP(=O)(O)Oc1ccccc1Cl.CCN(CC)CC. The Hall–Kier alpha value is -4.65. The molecule has 63 heavy (non-hydrogen) atoms. The van der Waals surface area contributed by atoms with Crippen LogP contribution in [0, 0.1) is 0 Å². The minimum Gasteiger partial charge on any atom is -0.403 e. The zero-order chi connectivity index (χ0) is 45.5. The number of H-pyrrole nitrogens is 2. The highest BCUT2D eigenvalue weighted by molar-refractivity contribution is 7.47. The van der Waals surface area contributed by atoms with Gasteiger partial charge in [0.15, 0.2) is 0 Å². The molecular formula is C48H68ClN6O7P. The minimum atomic E-state index is -4.22. The summed E-state index contributed by atoms with van der Waals surface area (Å²) < 4.78 is 22.3. The zero-order valence-electron chi connectivity index (χ0n) is 37.4. The highest BCUT2D eigenvalue weighted by Crippen LogP contribution is 2.45. The van der Waals surface area contributed by atoms with Crippen LogP contribution in [0.1, 0.15) is 103 Å². The van der Waals surface area contributed by atoms with E-state index in [9.17, 15) is 23.8 Å². The van der Waals surface area contributed by atoms with Gasteiger partial charge in [-0.25, -0.2) is 4.57 Å². The molecule has 0 saturated carbocycles. The molecule has 3 aromatic carbocycles. The van der Waals surface area contributed by atoms with E-state index < -0.39 is 25.8 Å². The van der Waals surface area contributed by atoms with Crippen molar-refractivity contribution < 1.29 is 32.9 Å². The summed E-state index contributed by atoms with van der Waals surface area (Å²) in [6.07, 6.45) is 12.2. The quantitative estimate of drug-likeness (QED) is 0.0223. The Kier molecular flexibility index (Phi) is 22.3. The van der Waals surface area contributed by atoms with E-state index >= 15 is 0 Å². The van der Waals surface area contributed by atoms with Crippen LogP contribution in [0.4, 0.5) is 0 Å². The normalized spacial score (nSPS) is 13.2. The van der Waals surface area contributed by atoms with Crippen molar-refractivity contribution in [3.63, 3.8) is 0 Å². The van der Waals surface area contributed by atoms with Gasteiger partial charge in [-0.2, -0.15) is 0 Å². The van der Waals surface area contributed by atoms with Crippen LogP contribution >= 0.6 is 19.4 Å². The Morgan fingerprint density at radius 1 is 0.746 bits per heavy atom. The number of phosphoric ester groups is 1. The van der Waals surface area contributed by atoms with E-state index in [1.807, 2.05) is 60.8 Å². The van der Waals surface area contributed by atoms with Crippen molar-refractivity contribution in [3.05, 3.63) is 101 Å². The highest BCUT2D eigenvalue weighted by atomic mass is 35.5. The molecule has 6 N–H and O–H groups in total. The van der Waals surface area contributed by atoms with Crippen molar-refractivity contribution in [2.75, 3.05) is 32.8 Å². The number of fused-ring (bicyclic) bond motifs is 2. The molecule has 3 atom stereocenters. The first kappa shape index (κ1) is 51.0. The highest BCUT2D eigenvalue weighted by Gasteiger charge is 2.28. The Morgan fingerprint density at radius 2 is 1.33 bits per heavy atom. The molecule has 344 valence electrons. The summed E-state index contributed by atoms with van der Waals surface area (Å²) in [5.74, 6) is -0.915. The number of hydrogen-bond donors (Lipinski definition) is 6. The van der Waals surface area contributed by atoms with Gasteiger partial charge in [-0.3, -0.25) is 23.8 Å². The van der Waals surface area contributed by atoms with Gasteiger partial charge in [-0.1, -0.05) is 132 Å². The largest absolute Gasteiger partial charge is 0.527 e. The summed E-state index contributed by atoms with van der Waals surface area (Å²) in [6.45, 7) is 12.1. The summed E-state index contributed by atoms with van der Waals surface area (Å²) >= 11 is 5.98. The second-order valence-corrected chi connectivity index (χ2v) is 17.5. The van der Waals surface area contributed by atoms with Gasteiger partial charge >= 0.3 is 7.82 Å². The topological polar surface area (TPSA) is 178 Å². The maximum absolute atomic E-state index is 13.7. The first-order valence-corrected chi connectivity index (χ1v) is 24.4. The number of unbranched alkanes of at least 4 members (excludes halogenated alkanes) is 9. The van der Waals surface area contributed by atoms with E-state index in [2.05, 4.69) is 51.6 Å². The molecule has 15 heteroatoms. The Bertz CT molecular complexity index is 2150. The first-order valence-electron chi connectivity index (χ1n) is 22.5. The van der Waals surface area contributed by atoms with Crippen LogP contribution < -0.4 is 20.5 Å². The molecule has 0 radical (unpaired) electrons. The van der Waals surface area contributed by atoms with Gasteiger partial charge in [0.25, 0.3) is 0 Å². The van der Waals surface area contributed by atoms with E-state index in [-0.39, 0.29) is 42.0 Å². The number of aromatic amines is 2. The molecule has 0 aliphatic carbocycles. The second-order valence-electron chi connectivity index (χ2n) is 15.7. The molecule has 0 bridgehead atoms. The van der Waals surface area contributed by atoms with Crippen LogP contribution in [0.25, 0.3) is 21.8 Å². The van der Waals surface area contributed by atoms with Gasteiger partial charge in [-0.15, -0.1) is 0 Å². The van der Waals surface area contributed by atoms with Crippen molar-refractivity contribution in [1.29, 1.82) is 0 Å². The third kappa shape index (κ3) is 18.2. The van der Waals surface area contributed by atoms with Crippen molar-refractivity contribution in [3.8, 4) is 5.75 Å². The van der Waals surface area contributed by atoms with E-state index in [0.29, 0.717) is 13.0 Å². The average Bonchev–Trinajstić information content (AvgIpc) is 3.88. The van der Waals surface area contributed by atoms with Crippen LogP contribution in [0.15, 0.2) is 85.1 Å². The van der Waals surface area contributed by atoms with Gasteiger partial charge < -0.3 is 35.3 Å². The van der Waals surface area contributed by atoms with Gasteiger partial charge in [0.2, 0.25) is 17.7 Å². The minimum absolute atomic E-state index is 0.115. The standard InChI is InChI=1S/C42H53ClN5O7P.C6H15N/c1-30(49)46-39(28-33-26-31-18-10-13-21-36(31)47-33)42(51)48-38(27-32-29-45-37-22-14-11-19-34(32)37)41(50)44-24-16-8-6-4-2-3-5-7-9-17-25-54-56(52,53)55-40-23-15-12-20-35(40)43;1-4-7(5-2)6-3/h10-15,18-23,26,29,38-39,45,47H,2-9,16-17,24-25,27-28H2,1H3,(H,44,50)(H,46,49)(H,48,51)(H,52,53);4-6H2,1-3H3/t38-,39-;/m1./s1. The predicted octanol–water partition coefficient (Wildman–Crippen LogP) is 9.64. The first-order chi connectivity index (χ1) is 30.4. The third-order valence-electron chi connectivity index (χ3n) is 11.0. The summed E-state index contributed by atoms with van der Waals surface area (Å²) in [6, 6.07) is 22.4. The lowest BCUT2D eigenvalue weighted by atomic mass is 10.0. The lowest BCUT2D eigenvalue weighted by molar-refractivity contribution is -0.131. The second kappa shape index (κ2) is 27.5. The summed E-state index contributed by atoms with van der Waals surface area (Å²) in [5, 5.41) is 11.0.